The third-order valence-electron chi connectivity index (χ3n) is 2.97. The third kappa shape index (κ3) is 3.64. The van der Waals surface area contributed by atoms with Crippen molar-refractivity contribution < 1.29 is 23.4 Å². The zero-order chi connectivity index (χ0) is 13.8. The summed E-state index contributed by atoms with van der Waals surface area (Å²) in [4.78, 5) is 13.5. The molecule has 1 amide bonds. The van der Waals surface area contributed by atoms with E-state index in [0.717, 1.165) is 6.26 Å². The molecule has 0 saturated carbocycles. The lowest BCUT2D eigenvalue weighted by molar-refractivity contribution is -0.135. The zero-order valence-corrected chi connectivity index (χ0v) is 11.3. The first-order valence-corrected chi connectivity index (χ1v) is 7.74. The molecule has 1 unspecified atom stereocenters. The molecular formula is C10H20N2O5S. The van der Waals surface area contributed by atoms with Gasteiger partial charge in [-0.2, -0.15) is 4.31 Å². The van der Waals surface area contributed by atoms with E-state index in [-0.39, 0.29) is 32.2 Å². The van der Waals surface area contributed by atoms with Gasteiger partial charge in [0.1, 0.15) is 6.04 Å². The van der Waals surface area contributed by atoms with Crippen molar-refractivity contribution in [2.45, 2.75) is 18.9 Å². The van der Waals surface area contributed by atoms with Crippen LogP contribution in [0.25, 0.3) is 0 Å². The van der Waals surface area contributed by atoms with E-state index in [9.17, 15) is 13.2 Å². The predicted molar refractivity (Wildman–Crippen MR) is 65.3 cm³/mol. The van der Waals surface area contributed by atoms with E-state index in [4.69, 9.17) is 10.2 Å². The van der Waals surface area contributed by atoms with Gasteiger partial charge in [-0.1, -0.05) is 0 Å². The van der Waals surface area contributed by atoms with Crippen LogP contribution in [0, 0.1) is 0 Å². The molecule has 1 saturated heterocycles. The molecule has 0 radical (unpaired) electrons. The summed E-state index contributed by atoms with van der Waals surface area (Å²) < 4.78 is 24.3. The van der Waals surface area contributed by atoms with Crippen LogP contribution < -0.4 is 0 Å². The topological polar surface area (TPSA) is 98.2 Å². The van der Waals surface area contributed by atoms with Gasteiger partial charge in [-0.25, -0.2) is 8.42 Å². The fourth-order valence-electron chi connectivity index (χ4n) is 2.17. The molecule has 0 aromatic rings. The number of amides is 1. The molecule has 0 spiro atoms. The van der Waals surface area contributed by atoms with Crippen molar-refractivity contribution in [1.29, 1.82) is 0 Å². The summed E-state index contributed by atoms with van der Waals surface area (Å²) in [5.74, 6) is -0.346. The van der Waals surface area contributed by atoms with Crippen LogP contribution in [-0.2, 0) is 14.8 Å². The molecule has 18 heavy (non-hydrogen) atoms. The molecule has 0 aliphatic carbocycles. The number of hydrogen-bond donors (Lipinski definition) is 2. The van der Waals surface area contributed by atoms with Crippen molar-refractivity contribution in [3.63, 3.8) is 0 Å². The molecule has 0 aromatic carbocycles. The summed E-state index contributed by atoms with van der Waals surface area (Å²) in [7, 11) is -3.40. The van der Waals surface area contributed by atoms with E-state index >= 15 is 0 Å². The molecule has 1 aliphatic rings. The molecule has 0 aromatic heterocycles. The Kier molecular flexibility index (Phi) is 5.51. The van der Waals surface area contributed by atoms with Crippen LogP contribution in [0.5, 0.6) is 0 Å². The van der Waals surface area contributed by atoms with Crippen LogP contribution in [0.15, 0.2) is 0 Å². The number of aliphatic hydroxyl groups excluding tert-OH is 2. The minimum absolute atomic E-state index is 0.105. The van der Waals surface area contributed by atoms with Gasteiger partial charge in [0.05, 0.1) is 19.5 Å². The number of carbonyl (C=O) groups excluding carboxylic acids is 1. The van der Waals surface area contributed by atoms with Gasteiger partial charge in [0.15, 0.2) is 0 Å². The maximum Gasteiger partial charge on any atom is 0.241 e. The Morgan fingerprint density at radius 2 is 1.89 bits per heavy atom. The summed E-state index contributed by atoms with van der Waals surface area (Å²) in [6, 6.07) is -0.696. The maximum atomic E-state index is 12.2. The van der Waals surface area contributed by atoms with E-state index in [1.807, 2.05) is 0 Å². The summed E-state index contributed by atoms with van der Waals surface area (Å²) >= 11 is 0. The first-order chi connectivity index (χ1) is 8.41. The smallest absolute Gasteiger partial charge is 0.241 e. The van der Waals surface area contributed by atoms with Crippen LogP contribution in [0.4, 0.5) is 0 Å². The Hall–Kier alpha value is -0.700. The van der Waals surface area contributed by atoms with E-state index in [2.05, 4.69) is 0 Å². The van der Waals surface area contributed by atoms with Gasteiger partial charge in [-0.3, -0.25) is 4.79 Å². The average Bonchev–Trinajstić information content (AvgIpc) is 2.76. The molecule has 7 nitrogen and oxygen atoms in total. The van der Waals surface area contributed by atoms with E-state index in [1.54, 1.807) is 0 Å². The fourth-order valence-corrected chi connectivity index (χ4v) is 3.29. The van der Waals surface area contributed by atoms with E-state index in [0.29, 0.717) is 19.4 Å². The van der Waals surface area contributed by atoms with Crippen LogP contribution in [-0.4, -0.2) is 78.9 Å². The summed E-state index contributed by atoms with van der Waals surface area (Å²) in [5, 5.41) is 17.7. The summed E-state index contributed by atoms with van der Waals surface area (Å²) in [6.07, 6.45) is 2.22. The highest BCUT2D eigenvalue weighted by atomic mass is 32.2. The molecule has 8 heteroatoms. The van der Waals surface area contributed by atoms with Crippen molar-refractivity contribution in [2.75, 3.05) is 39.1 Å². The molecule has 1 atom stereocenters. The van der Waals surface area contributed by atoms with Crippen molar-refractivity contribution >= 4 is 15.9 Å². The molecule has 1 rings (SSSR count). The lowest BCUT2D eigenvalue weighted by Crippen LogP contribution is -2.49. The van der Waals surface area contributed by atoms with Crippen LogP contribution in [0.1, 0.15) is 12.8 Å². The Morgan fingerprint density at radius 3 is 2.33 bits per heavy atom. The second-order valence-corrected chi connectivity index (χ2v) is 6.24. The van der Waals surface area contributed by atoms with Gasteiger partial charge in [-0.05, 0) is 12.8 Å². The number of nitrogens with zero attached hydrogens (tertiary/aromatic N) is 2. The Bertz CT molecular complexity index is 378. The SMILES string of the molecule is CS(=O)(=O)N1CCCC1C(=O)N(CCO)CCO. The number of rotatable bonds is 6. The Balaban J connectivity index is 2.80. The number of sulfonamides is 1. The average molecular weight is 280 g/mol. The van der Waals surface area contributed by atoms with Gasteiger partial charge in [-0.15, -0.1) is 0 Å². The standard InChI is InChI=1S/C10H20N2O5S/c1-18(16,17)12-4-2-3-9(12)10(15)11(5-7-13)6-8-14/h9,13-14H,2-8H2,1H3. The van der Waals surface area contributed by atoms with Crippen molar-refractivity contribution in [2.24, 2.45) is 0 Å². The van der Waals surface area contributed by atoms with Crippen LogP contribution >= 0.6 is 0 Å². The van der Waals surface area contributed by atoms with Gasteiger partial charge < -0.3 is 15.1 Å². The quantitative estimate of drug-likeness (QED) is 0.599. The van der Waals surface area contributed by atoms with Crippen LogP contribution in [0.3, 0.4) is 0 Å². The van der Waals surface area contributed by atoms with Gasteiger partial charge in [0, 0.05) is 19.6 Å². The van der Waals surface area contributed by atoms with Crippen molar-refractivity contribution in [3.8, 4) is 0 Å². The summed E-state index contributed by atoms with van der Waals surface area (Å²) in [6.45, 7) is 0.136. The summed E-state index contributed by atoms with van der Waals surface area (Å²) in [5.41, 5.74) is 0. The van der Waals surface area contributed by atoms with E-state index < -0.39 is 16.1 Å². The predicted octanol–water partition coefficient (Wildman–Crippen LogP) is -1.78. The Morgan fingerprint density at radius 1 is 1.33 bits per heavy atom. The van der Waals surface area contributed by atoms with Crippen LogP contribution in [0.2, 0.25) is 0 Å². The first kappa shape index (κ1) is 15.4. The molecule has 1 heterocycles. The minimum atomic E-state index is -3.40. The largest absolute Gasteiger partial charge is 0.395 e. The van der Waals surface area contributed by atoms with Crippen molar-refractivity contribution in [1.82, 2.24) is 9.21 Å². The number of aliphatic hydroxyl groups is 2. The van der Waals surface area contributed by atoms with Gasteiger partial charge in [0.2, 0.25) is 15.9 Å². The second-order valence-electron chi connectivity index (χ2n) is 4.30. The molecule has 106 valence electrons. The highest BCUT2D eigenvalue weighted by Gasteiger charge is 2.38. The number of hydrogen-bond acceptors (Lipinski definition) is 5. The van der Waals surface area contributed by atoms with Gasteiger partial charge >= 0.3 is 0 Å². The molecule has 1 aliphatic heterocycles. The maximum absolute atomic E-state index is 12.2. The van der Waals surface area contributed by atoms with Gasteiger partial charge in [0.25, 0.3) is 0 Å². The lowest BCUT2D eigenvalue weighted by atomic mass is 10.2. The first-order valence-electron chi connectivity index (χ1n) is 5.89. The molecule has 2 N–H and O–H groups in total. The molecular weight excluding hydrogens is 260 g/mol. The molecule has 0 bridgehead atoms. The fraction of sp³-hybridized carbons (Fsp3) is 0.900. The van der Waals surface area contributed by atoms with Crippen molar-refractivity contribution in [3.05, 3.63) is 0 Å². The minimum Gasteiger partial charge on any atom is -0.395 e. The highest BCUT2D eigenvalue weighted by Crippen LogP contribution is 2.22. The number of carbonyl (C=O) groups is 1. The normalized spacial score (nSPS) is 21.2. The zero-order valence-electron chi connectivity index (χ0n) is 10.4. The Labute approximate surface area is 107 Å². The lowest BCUT2D eigenvalue weighted by Gasteiger charge is -2.28. The molecule has 1 fully saturated rings. The second kappa shape index (κ2) is 6.46. The van der Waals surface area contributed by atoms with E-state index in [1.165, 1.54) is 9.21 Å². The monoisotopic (exact) mass is 280 g/mol. The third-order valence-corrected chi connectivity index (χ3v) is 4.26. The highest BCUT2D eigenvalue weighted by molar-refractivity contribution is 7.88.